The maximum Gasteiger partial charge on any atom is 0.257 e. The van der Waals surface area contributed by atoms with E-state index in [1.54, 1.807) is 14.2 Å². The molecule has 3 rings (SSSR count). The third-order valence-electron chi connectivity index (χ3n) is 5.09. The monoisotopic (exact) mass is 371 g/mol. The molecule has 2 aromatic rings. The molecule has 2 aromatic heterocycles. The number of pyridine rings is 2. The number of aromatic nitrogens is 2. The number of hydrogen-bond donors (Lipinski definition) is 0. The van der Waals surface area contributed by atoms with Crippen molar-refractivity contribution in [1.82, 2.24) is 14.9 Å². The molecular formula is C21H29N3O3. The SMILES string of the molecule is COc1ccc(C(C)N2CCC(COc3cc(C)nc(C)c3)C2)nc1OC. The van der Waals surface area contributed by atoms with E-state index >= 15 is 0 Å². The van der Waals surface area contributed by atoms with Gasteiger partial charge in [-0.15, -0.1) is 0 Å². The van der Waals surface area contributed by atoms with Gasteiger partial charge in [-0.2, -0.15) is 0 Å². The Labute approximate surface area is 161 Å². The minimum Gasteiger partial charge on any atom is -0.493 e. The number of nitrogens with zero attached hydrogens (tertiary/aromatic N) is 3. The molecule has 27 heavy (non-hydrogen) atoms. The maximum atomic E-state index is 6.03. The molecule has 0 aliphatic carbocycles. The van der Waals surface area contributed by atoms with E-state index in [4.69, 9.17) is 14.2 Å². The Bertz CT molecular complexity index is 761. The molecule has 1 saturated heterocycles. The molecule has 146 valence electrons. The van der Waals surface area contributed by atoms with Gasteiger partial charge in [0.05, 0.1) is 26.5 Å². The predicted molar refractivity (Wildman–Crippen MR) is 105 cm³/mol. The van der Waals surface area contributed by atoms with E-state index in [0.717, 1.165) is 48.9 Å². The molecule has 0 aromatic carbocycles. The summed E-state index contributed by atoms with van der Waals surface area (Å²) in [7, 11) is 3.24. The lowest BCUT2D eigenvalue weighted by atomic mass is 10.1. The number of methoxy groups -OCH3 is 2. The lowest BCUT2D eigenvalue weighted by Crippen LogP contribution is -2.26. The summed E-state index contributed by atoms with van der Waals surface area (Å²) in [4.78, 5) is 11.5. The molecule has 1 fully saturated rings. The van der Waals surface area contributed by atoms with Gasteiger partial charge in [-0.05, 0) is 45.9 Å². The van der Waals surface area contributed by atoms with Gasteiger partial charge in [0.15, 0.2) is 5.75 Å². The normalized spacial score (nSPS) is 18.3. The van der Waals surface area contributed by atoms with Crippen LogP contribution in [0.4, 0.5) is 0 Å². The topological polar surface area (TPSA) is 56.7 Å². The van der Waals surface area contributed by atoms with Gasteiger partial charge in [-0.25, -0.2) is 4.98 Å². The molecule has 2 atom stereocenters. The lowest BCUT2D eigenvalue weighted by molar-refractivity contribution is 0.214. The molecular weight excluding hydrogens is 342 g/mol. The number of likely N-dealkylation sites (tertiary alicyclic amines) is 1. The van der Waals surface area contributed by atoms with Gasteiger partial charge in [-0.1, -0.05) is 0 Å². The van der Waals surface area contributed by atoms with Gasteiger partial charge in [0.2, 0.25) is 0 Å². The molecule has 0 saturated carbocycles. The van der Waals surface area contributed by atoms with E-state index in [1.165, 1.54) is 0 Å². The minimum absolute atomic E-state index is 0.222. The van der Waals surface area contributed by atoms with Crippen LogP contribution in [0.25, 0.3) is 0 Å². The Morgan fingerprint density at radius 2 is 1.85 bits per heavy atom. The number of hydrogen-bond acceptors (Lipinski definition) is 6. The summed E-state index contributed by atoms with van der Waals surface area (Å²) in [5.74, 6) is 2.61. The Kier molecular flexibility index (Phi) is 6.16. The molecule has 6 heteroatoms. The molecule has 0 amide bonds. The first-order valence-corrected chi connectivity index (χ1v) is 9.41. The van der Waals surface area contributed by atoms with Crippen LogP contribution >= 0.6 is 0 Å². The fourth-order valence-electron chi connectivity index (χ4n) is 3.61. The second-order valence-electron chi connectivity index (χ2n) is 7.17. The summed E-state index contributed by atoms with van der Waals surface area (Å²) in [6.45, 7) is 8.95. The zero-order valence-corrected chi connectivity index (χ0v) is 16.9. The van der Waals surface area contributed by atoms with Crippen LogP contribution in [0, 0.1) is 19.8 Å². The average Bonchev–Trinajstić information content (AvgIpc) is 3.13. The second-order valence-corrected chi connectivity index (χ2v) is 7.17. The first-order valence-electron chi connectivity index (χ1n) is 9.41. The van der Waals surface area contributed by atoms with Crippen LogP contribution in [0.1, 0.15) is 36.5 Å². The Hall–Kier alpha value is -2.34. The van der Waals surface area contributed by atoms with E-state index in [-0.39, 0.29) is 6.04 Å². The van der Waals surface area contributed by atoms with Crippen molar-refractivity contribution in [3.63, 3.8) is 0 Å². The van der Waals surface area contributed by atoms with Crippen LogP contribution in [-0.4, -0.2) is 48.8 Å². The summed E-state index contributed by atoms with van der Waals surface area (Å²) < 4.78 is 16.7. The summed E-state index contributed by atoms with van der Waals surface area (Å²) in [5, 5.41) is 0. The van der Waals surface area contributed by atoms with Gasteiger partial charge in [-0.3, -0.25) is 9.88 Å². The summed E-state index contributed by atoms with van der Waals surface area (Å²) in [6.07, 6.45) is 1.13. The van der Waals surface area contributed by atoms with Crippen LogP contribution in [0.3, 0.4) is 0 Å². The van der Waals surface area contributed by atoms with Crippen molar-refractivity contribution >= 4 is 0 Å². The van der Waals surface area contributed by atoms with E-state index < -0.39 is 0 Å². The van der Waals surface area contributed by atoms with Crippen molar-refractivity contribution < 1.29 is 14.2 Å². The van der Waals surface area contributed by atoms with E-state index in [9.17, 15) is 0 Å². The predicted octanol–water partition coefficient (Wildman–Crippen LogP) is 3.57. The van der Waals surface area contributed by atoms with Crippen molar-refractivity contribution in [3.05, 3.63) is 41.3 Å². The third kappa shape index (κ3) is 4.69. The van der Waals surface area contributed by atoms with Crippen LogP contribution in [0.5, 0.6) is 17.4 Å². The lowest BCUT2D eigenvalue weighted by Gasteiger charge is -2.24. The van der Waals surface area contributed by atoms with Gasteiger partial charge < -0.3 is 14.2 Å². The fourth-order valence-corrected chi connectivity index (χ4v) is 3.61. The maximum absolute atomic E-state index is 6.03. The number of aryl methyl sites for hydroxylation is 2. The standard InChI is InChI=1S/C21H29N3O3/c1-14-10-18(11-15(2)22-14)27-13-17-8-9-24(12-17)16(3)19-6-7-20(25-4)21(23-19)26-5/h6-7,10-11,16-17H,8-9,12-13H2,1-5H3. The molecule has 2 unspecified atom stereocenters. The zero-order valence-electron chi connectivity index (χ0n) is 16.9. The van der Waals surface area contributed by atoms with Crippen molar-refractivity contribution in [2.75, 3.05) is 33.9 Å². The summed E-state index contributed by atoms with van der Waals surface area (Å²) in [5.41, 5.74) is 2.98. The quantitative estimate of drug-likeness (QED) is 0.742. The molecule has 3 heterocycles. The smallest absolute Gasteiger partial charge is 0.257 e. The van der Waals surface area contributed by atoms with Crippen LogP contribution in [0.15, 0.2) is 24.3 Å². The van der Waals surface area contributed by atoms with E-state index in [2.05, 4.69) is 21.8 Å². The number of rotatable bonds is 7. The Balaban J connectivity index is 1.58. The molecule has 6 nitrogen and oxygen atoms in total. The molecule has 0 spiro atoms. The van der Waals surface area contributed by atoms with Crippen molar-refractivity contribution in [2.45, 2.75) is 33.2 Å². The highest BCUT2D eigenvalue weighted by Crippen LogP contribution is 2.31. The molecule has 0 radical (unpaired) electrons. The van der Waals surface area contributed by atoms with Gasteiger partial charge >= 0.3 is 0 Å². The van der Waals surface area contributed by atoms with Crippen molar-refractivity contribution in [1.29, 1.82) is 0 Å². The van der Waals surface area contributed by atoms with E-state index in [0.29, 0.717) is 17.5 Å². The van der Waals surface area contributed by atoms with E-state index in [1.807, 2.05) is 38.1 Å². The first kappa shape index (κ1) is 19.4. The van der Waals surface area contributed by atoms with Gasteiger partial charge in [0, 0.05) is 42.0 Å². The first-order chi connectivity index (χ1) is 13.0. The highest BCUT2D eigenvalue weighted by Gasteiger charge is 2.28. The van der Waals surface area contributed by atoms with Crippen LogP contribution < -0.4 is 14.2 Å². The minimum atomic E-state index is 0.222. The Morgan fingerprint density at radius 1 is 1.11 bits per heavy atom. The van der Waals surface area contributed by atoms with Crippen molar-refractivity contribution in [3.8, 4) is 17.4 Å². The molecule has 0 N–H and O–H groups in total. The summed E-state index contributed by atoms with van der Waals surface area (Å²) >= 11 is 0. The molecule has 1 aliphatic rings. The Morgan fingerprint density at radius 3 is 2.52 bits per heavy atom. The molecule has 1 aliphatic heterocycles. The fraction of sp³-hybridized carbons (Fsp3) is 0.524. The van der Waals surface area contributed by atoms with Crippen LogP contribution in [-0.2, 0) is 0 Å². The second kappa shape index (κ2) is 8.57. The van der Waals surface area contributed by atoms with Crippen molar-refractivity contribution in [2.24, 2.45) is 5.92 Å². The highest BCUT2D eigenvalue weighted by atomic mass is 16.5. The summed E-state index contributed by atoms with van der Waals surface area (Å²) in [6, 6.07) is 8.15. The number of ether oxygens (including phenoxy) is 3. The zero-order chi connectivity index (χ0) is 19.4. The van der Waals surface area contributed by atoms with Gasteiger partial charge in [0.25, 0.3) is 5.88 Å². The third-order valence-corrected chi connectivity index (χ3v) is 5.09. The molecule has 0 bridgehead atoms. The highest BCUT2D eigenvalue weighted by molar-refractivity contribution is 5.35. The van der Waals surface area contributed by atoms with Crippen LogP contribution in [0.2, 0.25) is 0 Å². The average molecular weight is 371 g/mol. The van der Waals surface area contributed by atoms with Gasteiger partial charge in [0.1, 0.15) is 5.75 Å². The largest absolute Gasteiger partial charge is 0.493 e.